The molecule has 1 fully saturated rings. The smallest absolute Gasteiger partial charge is 0.228 e. The van der Waals surface area contributed by atoms with Crippen molar-refractivity contribution in [3.05, 3.63) is 40.9 Å². The molecule has 2 amide bonds. The molecule has 7 heteroatoms. The molecule has 2 aromatic rings. The SMILES string of the molecule is CN1C(=O)CC(C(=O)NCc2csc(N3CCCC3)n2)c2ccccc21. The Kier molecular flexibility index (Phi) is 4.63. The summed E-state index contributed by atoms with van der Waals surface area (Å²) in [6, 6.07) is 7.61. The summed E-state index contributed by atoms with van der Waals surface area (Å²) in [5.41, 5.74) is 2.59. The molecule has 2 aliphatic heterocycles. The molecule has 6 nitrogen and oxygen atoms in total. The lowest BCUT2D eigenvalue weighted by Crippen LogP contribution is -2.39. The van der Waals surface area contributed by atoms with Crippen molar-refractivity contribution in [2.24, 2.45) is 0 Å². The second-order valence-corrected chi connectivity index (χ2v) is 7.64. The lowest BCUT2D eigenvalue weighted by molar-refractivity contribution is -0.127. The zero-order valence-corrected chi connectivity index (χ0v) is 15.6. The van der Waals surface area contributed by atoms with Crippen molar-refractivity contribution in [3.8, 4) is 0 Å². The minimum Gasteiger partial charge on any atom is -0.350 e. The Balaban J connectivity index is 1.44. The van der Waals surface area contributed by atoms with E-state index in [9.17, 15) is 9.59 Å². The standard InChI is InChI=1S/C19H22N4O2S/c1-22-16-7-3-2-6-14(16)15(10-17(22)24)18(25)20-11-13-12-26-19(21-13)23-8-4-5-9-23/h2-3,6-7,12,15H,4-5,8-11H2,1H3,(H,20,25). The summed E-state index contributed by atoms with van der Waals surface area (Å²) >= 11 is 1.63. The fourth-order valence-electron chi connectivity index (χ4n) is 3.61. The number of thiazole rings is 1. The predicted molar refractivity (Wildman–Crippen MR) is 103 cm³/mol. The van der Waals surface area contributed by atoms with Gasteiger partial charge in [-0.1, -0.05) is 18.2 Å². The summed E-state index contributed by atoms with van der Waals surface area (Å²) in [5.74, 6) is -0.588. The number of benzene rings is 1. The highest BCUT2D eigenvalue weighted by Crippen LogP contribution is 2.35. The lowest BCUT2D eigenvalue weighted by atomic mass is 9.89. The molecule has 1 unspecified atom stereocenters. The predicted octanol–water partition coefficient (Wildman–Crippen LogP) is 2.51. The number of nitrogens with one attached hydrogen (secondary N) is 1. The number of hydrogen-bond acceptors (Lipinski definition) is 5. The second-order valence-electron chi connectivity index (χ2n) is 6.80. The van der Waals surface area contributed by atoms with Crippen molar-refractivity contribution in [1.29, 1.82) is 0 Å². The van der Waals surface area contributed by atoms with E-state index in [-0.39, 0.29) is 18.2 Å². The maximum absolute atomic E-state index is 12.7. The van der Waals surface area contributed by atoms with Gasteiger partial charge in [-0.3, -0.25) is 9.59 Å². The number of rotatable bonds is 4. The van der Waals surface area contributed by atoms with Gasteiger partial charge in [-0.25, -0.2) is 4.98 Å². The highest BCUT2D eigenvalue weighted by Gasteiger charge is 2.33. The van der Waals surface area contributed by atoms with Crippen LogP contribution in [0, 0.1) is 0 Å². The van der Waals surface area contributed by atoms with Gasteiger partial charge in [0.25, 0.3) is 0 Å². The van der Waals surface area contributed by atoms with Gasteiger partial charge in [0.2, 0.25) is 11.8 Å². The summed E-state index contributed by atoms with van der Waals surface area (Å²) in [5, 5.41) is 6.00. The number of fused-ring (bicyclic) bond motifs is 1. The van der Waals surface area contributed by atoms with Crippen LogP contribution in [0.5, 0.6) is 0 Å². The molecule has 26 heavy (non-hydrogen) atoms. The highest BCUT2D eigenvalue weighted by atomic mass is 32.1. The van der Waals surface area contributed by atoms with Gasteiger partial charge in [-0.15, -0.1) is 11.3 Å². The van der Waals surface area contributed by atoms with Gasteiger partial charge in [-0.05, 0) is 24.5 Å². The minimum atomic E-state index is -0.438. The topological polar surface area (TPSA) is 65.5 Å². The van der Waals surface area contributed by atoms with Crippen LogP contribution >= 0.6 is 11.3 Å². The molecule has 136 valence electrons. The van der Waals surface area contributed by atoms with Crippen molar-refractivity contribution < 1.29 is 9.59 Å². The average molecular weight is 370 g/mol. The quantitative estimate of drug-likeness (QED) is 0.898. The monoisotopic (exact) mass is 370 g/mol. The Bertz CT molecular complexity index is 828. The maximum Gasteiger partial charge on any atom is 0.228 e. The van der Waals surface area contributed by atoms with Gasteiger partial charge in [0.1, 0.15) is 0 Å². The fourth-order valence-corrected chi connectivity index (χ4v) is 4.49. The van der Waals surface area contributed by atoms with Crippen LogP contribution in [-0.4, -0.2) is 36.9 Å². The molecule has 2 aliphatic rings. The van der Waals surface area contributed by atoms with Crippen molar-refractivity contribution in [2.75, 3.05) is 29.9 Å². The van der Waals surface area contributed by atoms with Gasteiger partial charge in [0, 0.05) is 37.6 Å². The van der Waals surface area contributed by atoms with E-state index in [0.29, 0.717) is 6.54 Å². The molecular weight excluding hydrogens is 348 g/mol. The minimum absolute atomic E-state index is 0.0335. The van der Waals surface area contributed by atoms with Crippen molar-refractivity contribution in [1.82, 2.24) is 10.3 Å². The van der Waals surface area contributed by atoms with Gasteiger partial charge >= 0.3 is 0 Å². The van der Waals surface area contributed by atoms with Crippen LogP contribution in [0.3, 0.4) is 0 Å². The Hall–Kier alpha value is -2.41. The number of para-hydroxylation sites is 1. The number of anilines is 2. The van der Waals surface area contributed by atoms with Crippen molar-refractivity contribution in [3.63, 3.8) is 0 Å². The molecule has 1 atom stereocenters. The molecule has 3 heterocycles. The van der Waals surface area contributed by atoms with Crippen molar-refractivity contribution >= 4 is 34.0 Å². The molecule has 4 rings (SSSR count). The summed E-state index contributed by atoms with van der Waals surface area (Å²) in [6.07, 6.45) is 2.64. The Morgan fingerprint density at radius 3 is 2.88 bits per heavy atom. The van der Waals surface area contributed by atoms with E-state index in [1.165, 1.54) is 12.8 Å². The van der Waals surface area contributed by atoms with Crippen LogP contribution < -0.4 is 15.1 Å². The van der Waals surface area contributed by atoms with E-state index >= 15 is 0 Å². The number of aromatic nitrogens is 1. The third kappa shape index (κ3) is 3.19. The molecule has 1 N–H and O–H groups in total. The lowest BCUT2D eigenvalue weighted by Gasteiger charge is -2.30. The fraction of sp³-hybridized carbons (Fsp3) is 0.421. The second kappa shape index (κ2) is 7.07. The zero-order chi connectivity index (χ0) is 18.1. The van der Waals surface area contributed by atoms with Crippen LogP contribution in [0.25, 0.3) is 0 Å². The van der Waals surface area contributed by atoms with Crippen LogP contribution in [0.4, 0.5) is 10.8 Å². The molecule has 0 saturated carbocycles. The first-order chi connectivity index (χ1) is 12.6. The Morgan fingerprint density at radius 2 is 2.08 bits per heavy atom. The van der Waals surface area contributed by atoms with E-state index < -0.39 is 5.92 Å². The van der Waals surface area contributed by atoms with Gasteiger partial charge in [-0.2, -0.15) is 0 Å². The molecule has 1 aromatic carbocycles. The maximum atomic E-state index is 12.7. The summed E-state index contributed by atoms with van der Waals surface area (Å²) in [7, 11) is 1.75. The normalized spacial score (nSPS) is 19.6. The number of nitrogens with zero attached hydrogens (tertiary/aromatic N) is 3. The first kappa shape index (κ1) is 17.0. The van der Waals surface area contributed by atoms with E-state index in [2.05, 4.69) is 15.2 Å². The largest absolute Gasteiger partial charge is 0.350 e. The highest BCUT2D eigenvalue weighted by molar-refractivity contribution is 7.13. The van der Waals surface area contributed by atoms with Crippen LogP contribution in [0.2, 0.25) is 0 Å². The third-order valence-corrected chi connectivity index (χ3v) is 6.05. The number of carbonyl (C=O) groups is 2. The summed E-state index contributed by atoms with van der Waals surface area (Å²) in [4.78, 5) is 33.5. The van der Waals surface area contributed by atoms with Crippen LogP contribution in [-0.2, 0) is 16.1 Å². The van der Waals surface area contributed by atoms with Gasteiger partial charge in [0.05, 0.1) is 18.2 Å². The zero-order valence-electron chi connectivity index (χ0n) is 14.8. The molecular formula is C19H22N4O2S. The molecule has 1 saturated heterocycles. The van der Waals surface area contributed by atoms with Gasteiger partial charge in [0.15, 0.2) is 5.13 Å². The third-order valence-electron chi connectivity index (χ3n) is 5.10. The number of carbonyl (C=O) groups excluding carboxylic acids is 2. The first-order valence-corrected chi connectivity index (χ1v) is 9.84. The molecule has 0 bridgehead atoms. The van der Waals surface area contributed by atoms with Gasteiger partial charge < -0.3 is 15.1 Å². The molecule has 0 radical (unpaired) electrons. The van der Waals surface area contributed by atoms with E-state index in [4.69, 9.17) is 0 Å². The Labute approximate surface area is 156 Å². The average Bonchev–Trinajstić information content (AvgIpc) is 3.34. The van der Waals surface area contributed by atoms with E-state index in [1.54, 1.807) is 23.3 Å². The number of amides is 2. The van der Waals surface area contributed by atoms with Crippen molar-refractivity contribution in [2.45, 2.75) is 31.7 Å². The van der Waals surface area contributed by atoms with Crippen LogP contribution in [0.1, 0.15) is 36.4 Å². The summed E-state index contributed by atoms with van der Waals surface area (Å²) in [6.45, 7) is 2.52. The van der Waals surface area contributed by atoms with E-state index in [1.807, 2.05) is 29.6 Å². The Morgan fingerprint density at radius 1 is 1.31 bits per heavy atom. The summed E-state index contributed by atoms with van der Waals surface area (Å²) < 4.78 is 0. The molecule has 0 aliphatic carbocycles. The molecule has 1 aromatic heterocycles. The molecule has 0 spiro atoms. The van der Waals surface area contributed by atoms with E-state index in [0.717, 1.165) is 35.2 Å². The number of hydrogen-bond donors (Lipinski definition) is 1. The van der Waals surface area contributed by atoms with Crippen LogP contribution in [0.15, 0.2) is 29.6 Å². The first-order valence-electron chi connectivity index (χ1n) is 8.96.